The molecule has 2 heterocycles. The number of nitrogens with one attached hydrogen (secondary N) is 1. The summed E-state index contributed by atoms with van der Waals surface area (Å²) in [7, 11) is 1.35. The molecule has 1 unspecified atom stereocenters. The van der Waals surface area contributed by atoms with Gasteiger partial charge in [0.1, 0.15) is 0 Å². The van der Waals surface area contributed by atoms with Crippen molar-refractivity contribution in [3.63, 3.8) is 0 Å². The number of ether oxygens (including phenoxy) is 1. The molecular formula is C13H17ClN2O4. The Kier molecular flexibility index (Phi) is 4.67. The average Bonchev–Trinajstić information content (AvgIpc) is 2.85. The fraction of sp³-hybridized carbons (Fsp3) is 0.538. The summed E-state index contributed by atoms with van der Waals surface area (Å²) in [4.78, 5) is 24.3. The Morgan fingerprint density at radius 2 is 2.40 bits per heavy atom. The largest absolute Gasteiger partial charge is 0.491 e. The zero-order chi connectivity index (χ0) is 14.7. The number of aryl methyl sites for hydroxylation is 1. The minimum absolute atomic E-state index is 0.00109. The minimum Gasteiger partial charge on any atom is -0.491 e. The monoisotopic (exact) mass is 300 g/mol. The van der Waals surface area contributed by atoms with Crippen LogP contribution in [0.1, 0.15) is 28.6 Å². The van der Waals surface area contributed by atoms with E-state index in [4.69, 9.17) is 16.3 Å². The number of alkyl halides is 1. The number of pyridine rings is 1. The van der Waals surface area contributed by atoms with Crippen molar-refractivity contribution in [2.75, 3.05) is 26.1 Å². The van der Waals surface area contributed by atoms with E-state index in [-0.39, 0.29) is 35.4 Å². The SMILES string of the molecule is COc1c(C(=O)NCCCl)n2c(cc1=O)CCC2CO. The Labute approximate surface area is 121 Å². The van der Waals surface area contributed by atoms with E-state index < -0.39 is 5.91 Å². The molecule has 0 fully saturated rings. The number of aromatic nitrogens is 1. The first-order chi connectivity index (χ1) is 9.63. The van der Waals surface area contributed by atoms with Gasteiger partial charge in [0.15, 0.2) is 11.4 Å². The summed E-state index contributed by atoms with van der Waals surface area (Å²) in [6, 6.07) is 1.25. The Morgan fingerprint density at radius 3 is 3.00 bits per heavy atom. The maximum absolute atomic E-state index is 12.3. The summed E-state index contributed by atoms with van der Waals surface area (Å²) < 4.78 is 6.78. The summed E-state index contributed by atoms with van der Waals surface area (Å²) in [5, 5.41) is 12.1. The number of aliphatic hydroxyl groups is 1. The quantitative estimate of drug-likeness (QED) is 0.767. The molecule has 2 N–H and O–H groups in total. The van der Waals surface area contributed by atoms with E-state index >= 15 is 0 Å². The topological polar surface area (TPSA) is 80.6 Å². The lowest BCUT2D eigenvalue weighted by Crippen LogP contribution is -2.32. The first kappa shape index (κ1) is 14.9. The molecule has 0 saturated carbocycles. The van der Waals surface area contributed by atoms with Gasteiger partial charge in [0, 0.05) is 24.2 Å². The Bertz CT molecular complexity index is 570. The van der Waals surface area contributed by atoms with Crippen LogP contribution in [0, 0.1) is 0 Å². The zero-order valence-electron chi connectivity index (χ0n) is 11.2. The van der Waals surface area contributed by atoms with E-state index in [9.17, 15) is 14.7 Å². The Balaban J connectivity index is 2.57. The standard InChI is InChI=1S/C13H17ClN2O4/c1-20-12-10(18)6-8-2-3-9(7-17)16(8)11(12)13(19)15-5-4-14/h6,9,17H,2-5,7H2,1H3,(H,15,19). The normalized spacial score (nSPS) is 16.9. The van der Waals surface area contributed by atoms with Crippen LogP contribution in [0.2, 0.25) is 0 Å². The molecule has 1 amide bonds. The fourth-order valence-electron chi connectivity index (χ4n) is 2.54. The number of amides is 1. The third-order valence-electron chi connectivity index (χ3n) is 3.40. The fourth-order valence-corrected chi connectivity index (χ4v) is 2.63. The van der Waals surface area contributed by atoms with Crippen LogP contribution in [0.3, 0.4) is 0 Å². The number of methoxy groups -OCH3 is 1. The number of carbonyl (C=O) groups is 1. The Morgan fingerprint density at radius 1 is 1.65 bits per heavy atom. The van der Waals surface area contributed by atoms with Gasteiger partial charge in [-0.2, -0.15) is 0 Å². The highest BCUT2D eigenvalue weighted by Crippen LogP contribution is 2.29. The summed E-state index contributed by atoms with van der Waals surface area (Å²) in [6.45, 7) is 0.209. The van der Waals surface area contributed by atoms with E-state index in [2.05, 4.69) is 5.32 Å². The van der Waals surface area contributed by atoms with Crippen molar-refractivity contribution in [1.82, 2.24) is 9.88 Å². The van der Waals surface area contributed by atoms with Crippen molar-refractivity contribution in [1.29, 1.82) is 0 Å². The van der Waals surface area contributed by atoms with Crippen LogP contribution in [0.15, 0.2) is 10.9 Å². The number of hydrogen-bond donors (Lipinski definition) is 2. The van der Waals surface area contributed by atoms with Gasteiger partial charge in [-0.25, -0.2) is 0 Å². The molecule has 2 rings (SSSR count). The highest BCUT2D eigenvalue weighted by Gasteiger charge is 2.30. The van der Waals surface area contributed by atoms with Crippen LogP contribution >= 0.6 is 11.6 Å². The number of rotatable bonds is 5. The third kappa shape index (κ3) is 2.53. The second kappa shape index (κ2) is 6.28. The predicted octanol–water partition coefficient (Wildman–Crippen LogP) is 0.305. The highest BCUT2D eigenvalue weighted by atomic mass is 35.5. The van der Waals surface area contributed by atoms with Crippen LogP contribution in [0.25, 0.3) is 0 Å². The van der Waals surface area contributed by atoms with Gasteiger partial charge in [-0.3, -0.25) is 9.59 Å². The summed E-state index contributed by atoms with van der Waals surface area (Å²) >= 11 is 5.56. The van der Waals surface area contributed by atoms with Crippen LogP contribution in [0.5, 0.6) is 5.75 Å². The maximum Gasteiger partial charge on any atom is 0.271 e. The van der Waals surface area contributed by atoms with Gasteiger partial charge >= 0.3 is 0 Å². The van der Waals surface area contributed by atoms with Gasteiger partial charge < -0.3 is 19.7 Å². The molecule has 1 aromatic heterocycles. The number of aliphatic hydroxyl groups excluding tert-OH is 1. The molecule has 0 saturated heterocycles. The second-order valence-corrected chi connectivity index (χ2v) is 4.95. The van der Waals surface area contributed by atoms with Crippen LogP contribution in [-0.4, -0.2) is 41.7 Å². The van der Waals surface area contributed by atoms with Crippen molar-refractivity contribution < 1.29 is 14.6 Å². The highest BCUT2D eigenvalue weighted by molar-refractivity contribution is 6.18. The number of carbonyl (C=O) groups excluding carboxylic acids is 1. The molecule has 0 aliphatic carbocycles. The number of halogens is 1. The summed E-state index contributed by atoms with van der Waals surface area (Å²) in [5.41, 5.74) is 0.580. The number of hydrogen-bond acceptors (Lipinski definition) is 4. The van der Waals surface area contributed by atoms with E-state index in [0.29, 0.717) is 19.4 Å². The molecule has 6 nitrogen and oxygen atoms in total. The number of nitrogens with zero attached hydrogens (tertiary/aromatic N) is 1. The lowest BCUT2D eigenvalue weighted by atomic mass is 10.2. The molecule has 1 aromatic rings. The molecule has 1 atom stereocenters. The molecule has 110 valence electrons. The molecule has 0 aromatic carbocycles. The van der Waals surface area contributed by atoms with Crippen molar-refractivity contribution in [2.24, 2.45) is 0 Å². The Hall–Kier alpha value is -1.53. The van der Waals surface area contributed by atoms with Gasteiger partial charge in [0.25, 0.3) is 5.91 Å². The maximum atomic E-state index is 12.3. The smallest absolute Gasteiger partial charge is 0.271 e. The van der Waals surface area contributed by atoms with Gasteiger partial charge in [-0.15, -0.1) is 11.6 Å². The second-order valence-electron chi connectivity index (χ2n) is 4.57. The van der Waals surface area contributed by atoms with Crippen LogP contribution in [0.4, 0.5) is 0 Å². The summed E-state index contributed by atoms with van der Waals surface area (Å²) in [5.74, 6) is -0.135. The first-order valence-electron chi connectivity index (χ1n) is 6.41. The lowest BCUT2D eigenvalue weighted by molar-refractivity contribution is 0.0937. The van der Waals surface area contributed by atoms with Gasteiger partial charge in [0.2, 0.25) is 5.43 Å². The van der Waals surface area contributed by atoms with Crippen LogP contribution in [-0.2, 0) is 6.42 Å². The lowest BCUT2D eigenvalue weighted by Gasteiger charge is -2.19. The van der Waals surface area contributed by atoms with Crippen molar-refractivity contribution in [3.05, 3.63) is 27.7 Å². The van der Waals surface area contributed by atoms with Gasteiger partial charge in [-0.1, -0.05) is 0 Å². The average molecular weight is 301 g/mol. The van der Waals surface area contributed by atoms with E-state index in [0.717, 1.165) is 5.69 Å². The molecule has 20 heavy (non-hydrogen) atoms. The number of fused-ring (bicyclic) bond motifs is 1. The molecular weight excluding hydrogens is 284 g/mol. The van der Waals surface area contributed by atoms with E-state index in [1.807, 2.05) is 0 Å². The molecule has 7 heteroatoms. The first-order valence-corrected chi connectivity index (χ1v) is 6.94. The zero-order valence-corrected chi connectivity index (χ0v) is 11.9. The van der Waals surface area contributed by atoms with Gasteiger partial charge in [-0.05, 0) is 12.8 Å². The van der Waals surface area contributed by atoms with Crippen LogP contribution < -0.4 is 15.5 Å². The van der Waals surface area contributed by atoms with E-state index in [1.165, 1.54) is 13.2 Å². The van der Waals surface area contributed by atoms with E-state index in [1.54, 1.807) is 4.57 Å². The summed E-state index contributed by atoms with van der Waals surface area (Å²) in [6.07, 6.45) is 1.35. The molecule has 1 aliphatic rings. The molecule has 0 bridgehead atoms. The third-order valence-corrected chi connectivity index (χ3v) is 3.58. The van der Waals surface area contributed by atoms with Crippen molar-refractivity contribution >= 4 is 17.5 Å². The van der Waals surface area contributed by atoms with Crippen molar-refractivity contribution in [2.45, 2.75) is 18.9 Å². The molecule has 1 aliphatic heterocycles. The predicted molar refractivity (Wildman–Crippen MR) is 74.8 cm³/mol. The molecule has 0 spiro atoms. The molecule has 0 radical (unpaired) electrons. The van der Waals surface area contributed by atoms with Gasteiger partial charge in [0.05, 0.1) is 19.8 Å². The van der Waals surface area contributed by atoms with Crippen molar-refractivity contribution in [3.8, 4) is 5.75 Å². The minimum atomic E-state index is -0.415.